The van der Waals surface area contributed by atoms with Crippen molar-refractivity contribution in [3.05, 3.63) is 60.2 Å². The van der Waals surface area contributed by atoms with Crippen molar-refractivity contribution in [2.75, 3.05) is 13.2 Å². The number of benzene rings is 2. The summed E-state index contributed by atoms with van der Waals surface area (Å²) in [5.74, 6) is 1.48. The molecular formula is C16H15NO3. The SMILES string of the molecule is O=C1CO[C@H](c2cccc(Oc3ccccc3)c2)CN1. The lowest BCUT2D eigenvalue weighted by atomic mass is 10.1. The lowest BCUT2D eigenvalue weighted by Gasteiger charge is -2.23. The van der Waals surface area contributed by atoms with Crippen LogP contribution < -0.4 is 10.1 Å². The fraction of sp³-hybridized carbons (Fsp3) is 0.188. The monoisotopic (exact) mass is 269 g/mol. The molecule has 102 valence electrons. The van der Waals surface area contributed by atoms with Crippen LogP contribution in [0, 0.1) is 0 Å². The molecule has 1 fully saturated rings. The zero-order valence-electron chi connectivity index (χ0n) is 10.9. The Morgan fingerprint density at radius 1 is 1.05 bits per heavy atom. The summed E-state index contributed by atoms with van der Waals surface area (Å²) in [6.07, 6.45) is -0.118. The van der Waals surface area contributed by atoms with Crippen LogP contribution in [0.5, 0.6) is 11.5 Å². The van der Waals surface area contributed by atoms with Gasteiger partial charge in [-0.2, -0.15) is 0 Å². The fourth-order valence-electron chi connectivity index (χ4n) is 2.11. The highest BCUT2D eigenvalue weighted by Crippen LogP contribution is 2.26. The van der Waals surface area contributed by atoms with Gasteiger partial charge in [0.15, 0.2) is 0 Å². The third-order valence-electron chi connectivity index (χ3n) is 3.11. The molecular weight excluding hydrogens is 254 g/mol. The molecule has 0 spiro atoms. The first-order chi connectivity index (χ1) is 9.81. The Labute approximate surface area is 117 Å². The molecule has 1 saturated heterocycles. The van der Waals surface area contributed by atoms with E-state index in [-0.39, 0.29) is 18.6 Å². The molecule has 1 aliphatic rings. The molecule has 0 aromatic heterocycles. The number of rotatable bonds is 3. The number of carbonyl (C=O) groups excluding carboxylic acids is 1. The van der Waals surface area contributed by atoms with E-state index in [0.717, 1.165) is 17.1 Å². The van der Waals surface area contributed by atoms with Crippen LogP contribution in [0.15, 0.2) is 54.6 Å². The predicted molar refractivity (Wildman–Crippen MR) is 74.7 cm³/mol. The highest BCUT2D eigenvalue weighted by molar-refractivity contribution is 5.77. The van der Waals surface area contributed by atoms with E-state index in [0.29, 0.717) is 6.54 Å². The van der Waals surface area contributed by atoms with E-state index in [1.165, 1.54) is 0 Å². The first kappa shape index (κ1) is 12.7. The van der Waals surface area contributed by atoms with Crippen molar-refractivity contribution in [3.63, 3.8) is 0 Å². The summed E-state index contributed by atoms with van der Waals surface area (Å²) in [5, 5.41) is 2.79. The second kappa shape index (κ2) is 5.75. The van der Waals surface area contributed by atoms with Crippen LogP contribution in [0.4, 0.5) is 0 Å². The van der Waals surface area contributed by atoms with Crippen molar-refractivity contribution >= 4 is 5.91 Å². The third-order valence-corrected chi connectivity index (χ3v) is 3.11. The van der Waals surface area contributed by atoms with Crippen LogP contribution in [0.3, 0.4) is 0 Å². The van der Waals surface area contributed by atoms with E-state index in [1.54, 1.807) is 0 Å². The van der Waals surface area contributed by atoms with Gasteiger partial charge in [-0.1, -0.05) is 30.3 Å². The molecule has 0 saturated carbocycles. The van der Waals surface area contributed by atoms with Gasteiger partial charge in [0, 0.05) is 6.54 Å². The fourth-order valence-corrected chi connectivity index (χ4v) is 2.11. The molecule has 0 aliphatic carbocycles. The Kier molecular flexibility index (Phi) is 3.65. The molecule has 4 heteroatoms. The molecule has 20 heavy (non-hydrogen) atoms. The van der Waals surface area contributed by atoms with Crippen LogP contribution in [-0.2, 0) is 9.53 Å². The Morgan fingerprint density at radius 3 is 2.60 bits per heavy atom. The normalized spacial score (nSPS) is 18.4. The van der Waals surface area contributed by atoms with Crippen LogP contribution in [0.1, 0.15) is 11.7 Å². The van der Waals surface area contributed by atoms with Crippen molar-refractivity contribution < 1.29 is 14.3 Å². The summed E-state index contributed by atoms with van der Waals surface area (Å²) < 4.78 is 11.3. The second-order valence-corrected chi connectivity index (χ2v) is 4.59. The van der Waals surface area contributed by atoms with Crippen LogP contribution >= 0.6 is 0 Å². The lowest BCUT2D eigenvalue weighted by Crippen LogP contribution is -2.38. The number of nitrogens with one attached hydrogen (secondary N) is 1. The molecule has 1 N–H and O–H groups in total. The molecule has 1 heterocycles. The lowest BCUT2D eigenvalue weighted by molar-refractivity contribution is -0.133. The van der Waals surface area contributed by atoms with Crippen molar-refractivity contribution in [3.8, 4) is 11.5 Å². The van der Waals surface area contributed by atoms with Crippen LogP contribution in [0.2, 0.25) is 0 Å². The first-order valence-electron chi connectivity index (χ1n) is 6.52. The van der Waals surface area contributed by atoms with Crippen molar-refractivity contribution in [1.82, 2.24) is 5.32 Å². The Morgan fingerprint density at radius 2 is 1.85 bits per heavy atom. The summed E-state index contributed by atoms with van der Waals surface area (Å²) in [4.78, 5) is 11.1. The molecule has 0 bridgehead atoms. The average Bonchev–Trinajstić information content (AvgIpc) is 2.49. The van der Waals surface area contributed by atoms with Gasteiger partial charge < -0.3 is 14.8 Å². The Bertz CT molecular complexity index is 588. The maximum Gasteiger partial charge on any atom is 0.246 e. The van der Waals surface area contributed by atoms with Crippen LogP contribution in [-0.4, -0.2) is 19.1 Å². The summed E-state index contributed by atoms with van der Waals surface area (Å²) in [6, 6.07) is 17.4. The number of ether oxygens (including phenoxy) is 2. The summed E-state index contributed by atoms with van der Waals surface area (Å²) in [6.45, 7) is 0.599. The van der Waals surface area contributed by atoms with Gasteiger partial charge in [-0.05, 0) is 29.8 Å². The van der Waals surface area contributed by atoms with Crippen molar-refractivity contribution in [2.24, 2.45) is 0 Å². The molecule has 1 amide bonds. The number of hydrogen-bond acceptors (Lipinski definition) is 3. The van der Waals surface area contributed by atoms with Gasteiger partial charge in [0.25, 0.3) is 0 Å². The minimum atomic E-state index is -0.118. The van der Waals surface area contributed by atoms with Gasteiger partial charge in [-0.3, -0.25) is 4.79 Å². The molecule has 1 aliphatic heterocycles. The highest BCUT2D eigenvalue weighted by atomic mass is 16.5. The van der Waals surface area contributed by atoms with Crippen molar-refractivity contribution in [1.29, 1.82) is 0 Å². The molecule has 4 nitrogen and oxygen atoms in total. The zero-order valence-corrected chi connectivity index (χ0v) is 10.9. The van der Waals surface area contributed by atoms with E-state index < -0.39 is 0 Å². The summed E-state index contributed by atoms with van der Waals surface area (Å²) >= 11 is 0. The number of carbonyl (C=O) groups is 1. The van der Waals surface area contributed by atoms with Gasteiger partial charge >= 0.3 is 0 Å². The minimum absolute atomic E-state index is 0.0714. The molecule has 1 atom stereocenters. The maximum absolute atomic E-state index is 11.1. The van der Waals surface area contributed by atoms with Gasteiger partial charge in [-0.25, -0.2) is 0 Å². The van der Waals surface area contributed by atoms with E-state index in [2.05, 4.69) is 5.32 Å². The van der Waals surface area contributed by atoms with Gasteiger partial charge in [0.05, 0.1) is 0 Å². The van der Waals surface area contributed by atoms with E-state index >= 15 is 0 Å². The average molecular weight is 269 g/mol. The molecule has 3 rings (SSSR count). The summed E-state index contributed by atoms with van der Waals surface area (Å²) in [7, 11) is 0. The maximum atomic E-state index is 11.1. The Balaban J connectivity index is 1.74. The predicted octanol–water partition coefficient (Wildman–Crippen LogP) is 2.67. The second-order valence-electron chi connectivity index (χ2n) is 4.59. The van der Waals surface area contributed by atoms with Gasteiger partial charge in [0.2, 0.25) is 5.91 Å². The van der Waals surface area contributed by atoms with Crippen molar-refractivity contribution in [2.45, 2.75) is 6.10 Å². The molecule has 0 unspecified atom stereocenters. The first-order valence-corrected chi connectivity index (χ1v) is 6.52. The standard InChI is InChI=1S/C16H15NO3/c18-16-11-19-15(10-17-16)12-5-4-8-14(9-12)20-13-6-2-1-3-7-13/h1-9,15H,10-11H2,(H,17,18)/t15-/m0/s1. The minimum Gasteiger partial charge on any atom is -0.457 e. The zero-order chi connectivity index (χ0) is 13.8. The van der Waals surface area contributed by atoms with Gasteiger partial charge in [0.1, 0.15) is 24.2 Å². The van der Waals surface area contributed by atoms with Gasteiger partial charge in [-0.15, -0.1) is 0 Å². The van der Waals surface area contributed by atoms with E-state index in [9.17, 15) is 4.79 Å². The highest BCUT2D eigenvalue weighted by Gasteiger charge is 2.20. The number of morpholine rings is 1. The number of amides is 1. The quantitative estimate of drug-likeness (QED) is 0.932. The molecule has 2 aromatic rings. The van der Waals surface area contributed by atoms with E-state index in [1.807, 2.05) is 54.6 Å². The largest absolute Gasteiger partial charge is 0.457 e. The van der Waals surface area contributed by atoms with Crippen LogP contribution in [0.25, 0.3) is 0 Å². The Hall–Kier alpha value is -2.33. The third kappa shape index (κ3) is 2.97. The van der Waals surface area contributed by atoms with E-state index in [4.69, 9.17) is 9.47 Å². The topological polar surface area (TPSA) is 47.6 Å². The summed E-state index contributed by atoms with van der Waals surface area (Å²) in [5.41, 5.74) is 0.999. The number of para-hydroxylation sites is 1. The molecule has 0 radical (unpaired) electrons. The smallest absolute Gasteiger partial charge is 0.246 e. The molecule has 2 aromatic carbocycles. The number of hydrogen-bond donors (Lipinski definition) is 1.